The van der Waals surface area contributed by atoms with Gasteiger partial charge in [0.1, 0.15) is 84.7 Å². The summed E-state index contributed by atoms with van der Waals surface area (Å²) < 4.78 is 45.5. The summed E-state index contributed by atoms with van der Waals surface area (Å²) in [5, 5.41) is 106. The SMILES string of the molecule is CCC1OC(OC2C(C(=O)O)OC(OCCCCCCCC(=O)CCCCCCCCC(=O)CCCCCCCCCCC(=O)NCCCCCCCC(=O)NCCCCCCOC3OCC(OC4OC(C)C(O)C(O)C4NC(C)=O)C(O)C3O)C(O)C2O)C(NC(C)=O)C(O)C1O. The first-order valence-electron chi connectivity index (χ1n) is 36.9. The Morgan fingerprint density at radius 3 is 1.23 bits per heavy atom. The van der Waals surface area contributed by atoms with Gasteiger partial charge in [-0.25, -0.2) is 4.79 Å². The van der Waals surface area contributed by atoms with E-state index in [0.29, 0.717) is 70.2 Å². The van der Waals surface area contributed by atoms with Crippen LogP contribution in [-0.4, -0.2) is 237 Å². The van der Waals surface area contributed by atoms with E-state index in [4.69, 9.17) is 37.9 Å². The van der Waals surface area contributed by atoms with Crippen LogP contribution in [0.2, 0.25) is 0 Å². The Balaban J connectivity index is 0.836. The first kappa shape index (κ1) is 86.5. The van der Waals surface area contributed by atoms with Gasteiger partial charge in [0, 0.05) is 78.7 Å². The Morgan fingerprint density at radius 1 is 0.408 bits per heavy atom. The lowest BCUT2D eigenvalue weighted by atomic mass is 9.94. The number of ketones is 2. The monoisotopic (exact) mass is 1400 g/mol. The van der Waals surface area contributed by atoms with E-state index in [1.807, 2.05) is 0 Å². The number of hydrogen-bond donors (Lipinski definition) is 13. The van der Waals surface area contributed by atoms with Crippen LogP contribution in [0.1, 0.15) is 252 Å². The van der Waals surface area contributed by atoms with Crippen molar-refractivity contribution in [2.75, 3.05) is 32.9 Å². The molecule has 4 aliphatic rings. The number of unbranched alkanes of at least 4 members (excludes halogenated alkanes) is 23. The maximum Gasteiger partial charge on any atom is 0.335 e. The van der Waals surface area contributed by atoms with Crippen LogP contribution in [0.4, 0.5) is 0 Å². The van der Waals surface area contributed by atoms with Gasteiger partial charge in [0.15, 0.2) is 31.3 Å². The highest BCUT2D eigenvalue weighted by Gasteiger charge is 2.54. The van der Waals surface area contributed by atoms with E-state index in [1.54, 1.807) is 6.92 Å². The number of amides is 4. The van der Waals surface area contributed by atoms with E-state index in [1.165, 1.54) is 20.8 Å². The number of aliphatic hydroxyl groups excluding tert-OH is 8. The molecule has 28 heteroatoms. The van der Waals surface area contributed by atoms with E-state index < -0.39 is 134 Å². The Bertz CT molecular complexity index is 2260. The van der Waals surface area contributed by atoms with Gasteiger partial charge in [0.25, 0.3) is 0 Å². The number of aliphatic hydroxyl groups is 8. The van der Waals surface area contributed by atoms with Crippen molar-refractivity contribution in [3.05, 3.63) is 0 Å². The van der Waals surface area contributed by atoms with Crippen molar-refractivity contribution in [3.63, 3.8) is 0 Å². The van der Waals surface area contributed by atoms with Crippen LogP contribution in [0.25, 0.3) is 0 Å². The number of carbonyl (C=O) groups excluding carboxylic acids is 6. The summed E-state index contributed by atoms with van der Waals surface area (Å²) >= 11 is 0. The molecule has 4 heterocycles. The minimum Gasteiger partial charge on any atom is -0.479 e. The molecule has 568 valence electrons. The van der Waals surface area contributed by atoms with Crippen LogP contribution in [0.3, 0.4) is 0 Å². The smallest absolute Gasteiger partial charge is 0.335 e. The van der Waals surface area contributed by atoms with Crippen molar-refractivity contribution in [1.29, 1.82) is 0 Å². The van der Waals surface area contributed by atoms with Crippen molar-refractivity contribution < 1.29 is 117 Å². The van der Waals surface area contributed by atoms with Crippen LogP contribution >= 0.6 is 0 Å². The number of carbonyl (C=O) groups is 7. The zero-order valence-corrected chi connectivity index (χ0v) is 58.9. The molecule has 4 rings (SSSR count). The summed E-state index contributed by atoms with van der Waals surface area (Å²) in [5.74, 6) is -1.81. The van der Waals surface area contributed by atoms with Crippen LogP contribution in [0.5, 0.6) is 0 Å². The molecule has 4 saturated heterocycles. The summed E-state index contributed by atoms with van der Waals surface area (Å²) in [6, 6.07) is -2.42. The lowest BCUT2D eigenvalue weighted by molar-refractivity contribution is -0.339. The van der Waals surface area contributed by atoms with Crippen molar-refractivity contribution in [2.45, 2.75) is 369 Å². The largest absolute Gasteiger partial charge is 0.479 e. The second-order valence-corrected chi connectivity index (χ2v) is 27.2. The van der Waals surface area contributed by atoms with E-state index in [-0.39, 0.29) is 43.8 Å². The summed E-state index contributed by atoms with van der Waals surface area (Å²) in [4.78, 5) is 85.3. The Labute approximate surface area is 579 Å². The highest BCUT2D eigenvalue weighted by Crippen LogP contribution is 2.32. The fourth-order valence-electron chi connectivity index (χ4n) is 12.8. The average molecular weight is 1410 g/mol. The van der Waals surface area contributed by atoms with Crippen LogP contribution in [0, 0.1) is 0 Å². The van der Waals surface area contributed by atoms with Crippen molar-refractivity contribution in [3.8, 4) is 0 Å². The molecule has 0 aromatic carbocycles. The van der Waals surface area contributed by atoms with Crippen LogP contribution in [-0.2, 0) is 71.5 Å². The number of rotatable bonds is 53. The quantitative estimate of drug-likeness (QED) is 0.0376. The molecule has 0 aliphatic carbocycles. The van der Waals surface area contributed by atoms with Crippen molar-refractivity contribution in [2.24, 2.45) is 0 Å². The highest BCUT2D eigenvalue weighted by molar-refractivity contribution is 5.79. The van der Waals surface area contributed by atoms with E-state index in [9.17, 15) is 79.5 Å². The molecule has 0 saturated carbocycles. The number of Topliss-reactive ketones (excluding diaryl/α,β-unsaturated/α-hetero) is 2. The molecular formula is C70H124N4O24. The van der Waals surface area contributed by atoms with Crippen molar-refractivity contribution >= 4 is 41.2 Å². The molecule has 4 fully saturated rings. The second-order valence-electron chi connectivity index (χ2n) is 27.2. The fraction of sp³-hybridized carbons (Fsp3) is 0.900. The molecule has 13 N–H and O–H groups in total. The normalized spacial score (nSPS) is 29.6. The second kappa shape index (κ2) is 49.6. The number of carboxylic acids is 1. The summed E-state index contributed by atoms with van der Waals surface area (Å²) in [6.07, 6.45) is 6.35. The standard InChI is InChI=1S/C70H124N4O24/c1-5-50-57(82)60(85)55(74-47(4)76)68(95-50)97-64-61(86)63(88)70(98-65(64)66(89)90)92-43-32-22-13-17-27-37-49(78)36-26-16-11-10-15-25-35-48(77)34-24-14-8-6-7-9-18-28-38-52(79)71-40-30-20-12-19-29-39-53(80)72-41-31-21-23-33-42-91-69-62(87)58(83)51(44-93-69)96-67-54(73-46(3)75)59(84)56(81)45(2)94-67/h45,50-51,54-65,67-70,81-88H,5-44H2,1-4H3,(H,71,79)(H,72,80)(H,73,75)(H,74,76)(H,89,90). The zero-order chi connectivity index (χ0) is 71.8. The molecule has 19 unspecified atom stereocenters. The summed E-state index contributed by atoms with van der Waals surface area (Å²) in [6.45, 7) is 7.17. The number of nitrogens with one attached hydrogen (secondary N) is 4. The molecule has 4 aliphatic heterocycles. The van der Waals surface area contributed by atoms with Gasteiger partial charge in [-0.15, -0.1) is 0 Å². The number of hydrogen-bond acceptors (Lipinski definition) is 23. The maximum atomic E-state index is 12.5. The minimum absolute atomic E-state index is 0.0422. The third-order valence-electron chi connectivity index (χ3n) is 18.7. The van der Waals surface area contributed by atoms with Gasteiger partial charge < -0.3 is 105 Å². The van der Waals surface area contributed by atoms with Gasteiger partial charge in [0.05, 0.1) is 18.8 Å². The molecular weight excluding hydrogens is 1280 g/mol. The first-order valence-corrected chi connectivity index (χ1v) is 36.9. The molecule has 19 atom stereocenters. The fourth-order valence-corrected chi connectivity index (χ4v) is 12.8. The molecule has 0 aromatic rings. The molecule has 0 aromatic heterocycles. The first-order chi connectivity index (χ1) is 47.0. The minimum atomic E-state index is -1.81. The predicted octanol–water partition coefficient (Wildman–Crippen LogP) is 4.37. The molecule has 0 radical (unpaired) electrons. The highest BCUT2D eigenvalue weighted by atomic mass is 16.7. The van der Waals surface area contributed by atoms with Crippen LogP contribution < -0.4 is 21.3 Å². The maximum absolute atomic E-state index is 12.5. The summed E-state index contributed by atoms with van der Waals surface area (Å²) in [5.41, 5.74) is 0. The van der Waals surface area contributed by atoms with E-state index in [0.717, 1.165) is 167 Å². The lowest BCUT2D eigenvalue weighted by Gasteiger charge is -2.46. The molecule has 98 heavy (non-hydrogen) atoms. The predicted molar refractivity (Wildman–Crippen MR) is 357 cm³/mol. The number of carboxylic acid groups (broad SMARTS) is 1. The van der Waals surface area contributed by atoms with Crippen LogP contribution in [0.15, 0.2) is 0 Å². The summed E-state index contributed by atoms with van der Waals surface area (Å²) in [7, 11) is 0. The van der Waals surface area contributed by atoms with Gasteiger partial charge in [-0.3, -0.25) is 28.8 Å². The van der Waals surface area contributed by atoms with Gasteiger partial charge in [-0.2, -0.15) is 0 Å². The third kappa shape index (κ3) is 33.0. The van der Waals surface area contributed by atoms with Gasteiger partial charge >= 0.3 is 5.97 Å². The van der Waals surface area contributed by atoms with Gasteiger partial charge in [-0.1, -0.05) is 122 Å². The Hall–Kier alpha value is -3.95. The Morgan fingerprint density at radius 2 is 0.796 bits per heavy atom. The number of aliphatic carboxylic acids is 1. The Kier molecular flexibility index (Phi) is 43.8. The van der Waals surface area contributed by atoms with Crippen molar-refractivity contribution in [1.82, 2.24) is 21.3 Å². The molecule has 0 spiro atoms. The molecule has 4 amide bonds. The van der Waals surface area contributed by atoms with E-state index in [2.05, 4.69) is 21.3 Å². The van der Waals surface area contributed by atoms with E-state index >= 15 is 0 Å². The number of ether oxygens (including phenoxy) is 8. The molecule has 28 nitrogen and oxygen atoms in total. The average Bonchev–Trinajstić information content (AvgIpc) is 0.791. The third-order valence-corrected chi connectivity index (χ3v) is 18.7. The van der Waals surface area contributed by atoms with Gasteiger partial charge in [0.2, 0.25) is 23.6 Å². The van der Waals surface area contributed by atoms with Gasteiger partial charge in [-0.05, 0) is 77.6 Å². The topological polar surface area (TPSA) is 424 Å². The molecule has 0 bridgehead atoms. The zero-order valence-electron chi connectivity index (χ0n) is 58.9. The lowest BCUT2D eigenvalue weighted by Crippen LogP contribution is -2.67.